The summed E-state index contributed by atoms with van der Waals surface area (Å²) < 4.78 is 24.1. The molecule has 6 aromatic rings. The van der Waals surface area contributed by atoms with Gasteiger partial charge in [0.25, 0.3) is 0 Å². The third-order valence-electron chi connectivity index (χ3n) is 10.7. The number of pyridine rings is 2. The molecule has 0 saturated carbocycles. The van der Waals surface area contributed by atoms with E-state index >= 15 is 0 Å². The van der Waals surface area contributed by atoms with Gasteiger partial charge in [-0.2, -0.15) is 0 Å². The predicted octanol–water partition coefficient (Wildman–Crippen LogP) is 9.39. The first-order valence-corrected chi connectivity index (χ1v) is 20.6. The van der Waals surface area contributed by atoms with Crippen molar-refractivity contribution in [1.29, 1.82) is 0 Å². The van der Waals surface area contributed by atoms with E-state index in [2.05, 4.69) is 44.7 Å². The van der Waals surface area contributed by atoms with Crippen LogP contribution in [0.4, 0.5) is 11.4 Å². The van der Waals surface area contributed by atoms with Crippen molar-refractivity contribution in [3.05, 3.63) is 72.8 Å². The van der Waals surface area contributed by atoms with Crippen LogP contribution in [0.1, 0.15) is 52.4 Å². The van der Waals surface area contributed by atoms with E-state index < -0.39 is 0 Å². The third kappa shape index (κ3) is 9.14. The number of anilines is 2. The van der Waals surface area contributed by atoms with Crippen LogP contribution >= 0.6 is 0 Å². The number of fused-ring (bicyclic) bond motifs is 4. The molecule has 10 nitrogen and oxygen atoms in total. The standard InChI is InChI=1S/2C23H29N3O2/c1-3-27-22-16-20-18(23(24-2)17-9-4-5-10-19(17)25-20)15-21(22)28-14-8-13-26-11-6-7-12-26;1-3-27-21-15-18-20(25-19-10-5-4-9-17(19)23(18)24-2)16-22(21)28-14-8-13-26-11-6-7-12-26/h2*4-5,9-10,15-16H,3,6-8,11-14H2,1-2H3,(H,24,25). The van der Waals surface area contributed by atoms with Gasteiger partial charge in [0.05, 0.1) is 59.9 Å². The summed E-state index contributed by atoms with van der Waals surface area (Å²) in [4.78, 5) is 14.7. The molecule has 0 bridgehead atoms. The van der Waals surface area contributed by atoms with E-state index in [1.54, 1.807) is 0 Å². The summed E-state index contributed by atoms with van der Waals surface area (Å²) in [6, 6.07) is 24.5. The number of hydrogen-bond donors (Lipinski definition) is 2. The number of aromatic nitrogens is 2. The summed E-state index contributed by atoms with van der Waals surface area (Å²) in [7, 11) is 3.90. The molecule has 10 heteroatoms. The Kier molecular flexibility index (Phi) is 13.4. The molecule has 296 valence electrons. The van der Waals surface area contributed by atoms with E-state index in [1.807, 2.05) is 76.5 Å². The third-order valence-corrected chi connectivity index (χ3v) is 10.7. The lowest BCUT2D eigenvalue weighted by molar-refractivity contribution is 0.248. The lowest BCUT2D eigenvalue weighted by atomic mass is 10.1. The Labute approximate surface area is 331 Å². The summed E-state index contributed by atoms with van der Waals surface area (Å²) in [5.41, 5.74) is 5.93. The highest BCUT2D eigenvalue weighted by atomic mass is 16.5. The molecule has 0 radical (unpaired) electrons. The van der Waals surface area contributed by atoms with Crippen LogP contribution in [-0.2, 0) is 0 Å². The van der Waals surface area contributed by atoms with Crippen molar-refractivity contribution in [3.8, 4) is 23.0 Å². The molecular formula is C46H58N6O4. The maximum Gasteiger partial charge on any atom is 0.163 e. The second-order valence-electron chi connectivity index (χ2n) is 14.5. The number of hydrogen-bond acceptors (Lipinski definition) is 10. The lowest BCUT2D eigenvalue weighted by Crippen LogP contribution is -2.22. The first-order valence-electron chi connectivity index (χ1n) is 20.6. The molecule has 0 aliphatic carbocycles. The van der Waals surface area contributed by atoms with Crippen LogP contribution in [0.15, 0.2) is 72.8 Å². The van der Waals surface area contributed by atoms with E-state index in [9.17, 15) is 0 Å². The van der Waals surface area contributed by atoms with Gasteiger partial charge in [-0.05, 0) is 103 Å². The zero-order chi connectivity index (χ0) is 38.7. The van der Waals surface area contributed by atoms with Gasteiger partial charge in [-0.15, -0.1) is 0 Å². The molecule has 2 aliphatic heterocycles. The molecule has 2 fully saturated rings. The molecule has 2 saturated heterocycles. The largest absolute Gasteiger partial charge is 0.490 e. The van der Waals surface area contributed by atoms with Gasteiger partial charge in [-0.25, -0.2) is 9.97 Å². The number of ether oxygens (including phenoxy) is 4. The van der Waals surface area contributed by atoms with Gasteiger partial charge in [-0.1, -0.05) is 36.4 Å². The zero-order valence-electron chi connectivity index (χ0n) is 33.7. The van der Waals surface area contributed by atoms with E-state index in [0.717, 1.165) is 104 Å². The topological polar surface area (TPSA) is 93.2 Å². The fraction of sp³-hybridized carbons (Fsp3) is 0.435. The Morgan fingerprint density at radius 1 is 0.500 bits per heavy atom. The van der Waals surface area contributed by atoms with E-state index in [4.69, 9.17) is 28.9 Å². The van der Waals surface area contributed by atoms with E-state index in [0.29, 0.717) is 26.4 Å². The number of likely N-dealkylation sites (tertiary alicyclic amines) is 2. The molecule has 4 heterocycles. The summed E-state index contributed by atoms with van der Waals surface area (Å²) in [6.07, 6.45) is 7.36. The first-order chi connectivity index (χ1) is 27.6. The molecule has 0 spiro atoms. The zero-order valence-corrected chi connectivity index (χ0v) is 33.7. The first kappa shape index (κ1) is 39.2. The molecule has 0 unspecified atom stereocenters. The Morgan fingerprint density at radius 3 is 1.32 bits per heavy atom. The van der Waals surface area contributed by atoms with Crippen LogP contribution < -0.4 is 29.6 Å². The second-order valence-corrected chi connectivity index (χ2v) is 14.5. The van der Waals surface area contributed by atoms with Gasteiger partial charge in [0.15, 0.2) is 23.0 Å². The van der Waals surface area contributed by atoms with Crippen LogP contribution in [0.5, 0.6) is 23.0 Å². The molecule has 8 rings (SSSR count). The van der Waals surface area contributed by atoms with E-state index in [-0.39, 0.29) is 0 Å². The fourth-order valence-electron chi connectivity index (χ4n) is 8.05. The second kappa shape index (κ2) is 19.2. The quantitative estimate of drug-likeness (QED) is 0.0735. The van der Waals surface area contributed by atoms with Crippen LogP contribution in [0.3, 0.4) is 0 Å². The highest BCUT2D eigenvalue weighted by Crippen LogP contribution is 2.39. The van der Waals surface area contributed by atoms with Crippen molar-refractivity contribution >= 4 is 55.0 Å². The van der Waals surface area contributed by atoms with Crippen molar-refractivity contribution in [1.82, 2.24) is 19.8 Å². The average Bonchev–Trinajstić information content (AvgIpc) is 3.95. The molecule has 2 N–H and O–H groups in total. The number of rotatable bonds is 16. The van der Waals surface area contributed by atoms with Gasteiger partial charge in [0.1, 0.15) is 0 Å². The Morgan fingerprint density at radius 2 is 0.893 bits per heavy atom. The number of nitrogens with zero attached hydrogens (tertiary/aromatic N) is 4. The highest BCUT2D eigenvalue weighted by molar-refractivity contribution is 6.09. The maximum atomic E-state index is 6.16. The summed E-state index contributed by atoms with van der Waals surface area (Å²) >= 11 is 0. The van der Waals surface area contributed by atoms with Crippen molar-refractivity contribution in [3.63, 3.8) is 0 Å². The predicted molar refractivity (Wildman–Crippen MR) is 232 cm³/mol. The minimum absolute atomic E-state index is 0.599. The average molecular weight is 759 g/mol. The van der Waals surface area contributed by atoms with E-state index in [1.165, 1.54) is 51.9 Å². The number of benzene rings is 4. The number of nitrogens with one attached hydrogen (secondary N) is 2. The highest BCUT2D eigenvalue weighted by Gasteiger charge is 2.17. The Bertz CT molecular complexity index is 2220. The van der Waals surface area contributed by atoms with Crippen LogP contribution in [0, 0.1) is 0 Å². The smallest absolute Gasteiger partial charge is 0.163 e. The SMILES string of the molecule is CCOc1cc2c(NC)c3ccccc3nc2cc1OCCCN1CCCC1.CCOc1cc2nc3ccccc3c(NC)c2cc1OCCCN1CCCC1. The number of para-hydroxylation sites is 2. The molecule has 2 aromatic heterocycles. The summed E-state index contributed by atoms with van der Waals surface area (Å²) in [5.74, 6) is 3.12. The van der Waals surface area contributed by atoms with Gasteiger partial charge >= 0.3 is 0 Å². The van der Waals surface area contributed by atoms with Crippen LogP contribution in [0.2, 0.25) is 0 Å². The van der Waals surface area contributed by atoms with Crippen molar-refractivity contribution in [2.45, 2.75) is 52.4 Å². The van der Waals surface area contributed by atoms with Crippen molar-refractivity contribution in [2.24, 2.45) is 0 Å². The van der Waals surface area contributed by atoms with Gasteiger partial charge < -0.3 is 39.4 Å². The lowest BCUT2D eigenvalue weighted by Gasteiger charge is -2.17. The Hall–Kier alpha value is -5.06. The summed E-state index contributed by atoms with van der Waals surface area (Å²) in [6.45, 7) is 13.7. The Balaban J connectivity index is 0.000000172. The summed E-state index contributed by atoms with van der Waals surface area (Å²) in [5, 5.41) is 11.0. The van der Waals surface area contributed by atoms with Crippen LogP contribution in [-0.4, -0.2) is 99.6 Å². The minimum Gasteiger partial charge on any atom is -0.490 e. The molecule has 4 aromatic carbocycles. The normalized spacial score (nSPS) is 14.6. The molecule has 0 atom stereocenters. The monoisotopic (exact) mass is 758 g/mol. The molecule has 2 aliphatic rings. The molecule has 56 heavy (non-hydrogen) atoms. The minimum atomic E-state index is 0.599. The van der Waals surface area contributed by atoms with Gasteiger partial charge in [0, 0.05) is 60.9 Å². The van der Waals surface area contributed by atoms with Gasteiger partial charge in [-0.3, -0.25) is 0 Å². The molecule has 0 amide bonds. The fourth-order valence-corrected chi connectivity index (χ4v) is 8.05. The van der Waals surface area contributed by atoms with Gasteiger partial charge in [0.2, 0.25) is 0 Å². The van der Waals surface area contributed by atoms with Crippen molar-refractivity contribution < 1.29 is 18.9 Å². The maximum absolute atomic E-state index is 6.16. The molecular weight excluding hydrogens is 701 g/mol. The van der Waals surface area contributed by atoms with Crippen molar-refractivity contribution in [2.75, 3.05) is 90.4 Å². The van der Waals surface area contributed by atoms with Crippen LogP contribution in [0.25, 0.3) is 43.6 Å².